The molecule has 1 aliphatic rings. The van der Waals surface area contributed by atoms with Gasteiger partial charge in [-0.2, -0.15) is 0 Å². The van der Waals surface area contributed by atoms with Gasteiger partial charge in [-0.1, -0.05) is 25.4 Å². The molecule has 3 rings (SSSR count). The van der Waals surface area contributed by atoms with E-state index in [9.17, 15) is 14.3 Å². The summed E-state index contributed by atoms with van der Waals surface area (Å²) in [4.78, 5) is 16.2. The van der Waals surface area contributed by atoms with Crippen LogP contribution in [0.15, 0.2) is 12.1 Å². The second-order valence-corrected chi connectivity index (χ2v) is 6.26. The minimum atomic E-state index is -1.08. The molecule has 0 aliphatic heterocycles. The van der Waals surface area contributed by atoms with E-state index in [-0.39, 0.29) is 27.4 Å². The summed E-state index contributed by atoms with van der Waals surface area (Å²) in [6, 6.07) is 2.61. The van der Waals surface area contributed by atoms with Crippen molar-refractivity contribution in [2.45, 2.75) is 32.6 Å². The highest BCUT2D eigenvalue weighted by Gasteiger charge is 2.31. The van der Waals surface area contributed by atoms with Gasteiger partial charge in [-0.05, 0) is 42.4 Å². The lowest BCUT2D eigenvalue weighted by molar-refractivity contribution is 0.0696. The van der Waals surface area contributed by atoms with Gasteiger partial charge in [0.15, 0.2) is 0 Å². The third-order valence-corrected chi connectivity index (χ3v) is 4.47. The molecule has 0 spiro atoms. The minimum absolute atomic E-state index is 0.0555. The van der Waals surface area contributed by atoms with Crippen molar-refractivity contribution in [3.8, 4) is 0 Å². The number of hydrogen-bond donors (Lipinski definition) is 1. The van der Waals surface area contributed by atoms with Gasteiger partial charge < -0.3 is 5.11 Å². The summed E-state index contributed by atoms with van der Waals surface area (Å²) < 4.78 is 14.1. The predicted molar refractivity (Wildman–Crippen MR) is 79.6 cm³/mol. The van der Waals surface area contributed by atoms with Crippen LogP contribution in [0.2, 0.25) is 5.02 Å². The van der Waals surface area contributed by atoms with Crippen LogP contribution in [0.5, 0.6) is 0 Å². The number of aromatic carboxylic acids is 1. The Bertz CT molecular complexity index is 760. The summed E-state index contributed by atoms with van der Waals surface area (Å²) in [7, 11) is 0. The number of carboxylic acid groups (broad SMARTS) is 1. The number of aromatic nitrogens is 1. The number of fused-ring (bicyclic) bond motifs is 2. The fourth-order valence-corrected chi connectivity index (χ4v) is 3.65. The van der Waals surface area contributed by atoms with Crippen LogP contribution < -0.4 is 0 Å². The van der Waals surface area contributed by atoms with Gasteiger partial charge in [0.2, 0.25) is 0 Å². The molecule has 0 radical (unpaired) electrons. The lowest BCUT2D eigenvalue weighted by atomic mass is 9.78. The molecular formula is C16H15ClFNO2. The van der Waals surface area contributed by atoms with Crippen molar-refractivity contribution in [3.05, 3.63) is 39.8 Å². The number of benzene rings is 1. The molecule has 2 atom stereocenters. The second-order valence-electron chi connectivity index (χ2n) is 5.85. The minimum Gasteiger partial charge on any atom is -0.478 e. The van der Waals surface area contributed by atoms with E-state index in [1.807, 2.05) is 6.92 Å². The molecule has 3 nitrogen and oxygen atoms in total. The topological polar surface area (TPSA) is 50.2 Å². The number of carboxylic acids is 1. The van der Waals surface area contributed by atoms with Crippen molar-refractivity contribution < 1.29 is 14.3 Å². The first kappa shape index (κ1) is 14.3. The zero-order chi connectivity index (χ0) is 15.3. The lowest BCUT2D eigenvalue weighted by Gasteiger charge is -2.28. The Labute approximate surface area is 126 Å². The van der Waals surface area contributed by atoms with Crippen molar-refractivity contribution >= 4 is 28.5 Å². The van der Waals surface area contributed by atoms with Crippen LogP contribution in [-0.4, -0.2) is 16.1 Å². The Morgan fingerprint density at radius 2 is 2.14 bits per heavy atom. The monoisotopic (exact) mass is 307 g/mol. The fraction of sp³-hybridized carbons (Fsp3) is 0.375. The molecule has 1 aromatic carbocycles. The quantitative estimate of drug-likeness (QED) is 0.849. The molecule has 0 saturated carbocycles. The van der Waals surface area contributed by atoms with Crippen LogP contribution in [-0.2, 0) is 6.42 Å². The lowest BCUT2D eigenvalue weighted by Crippen LogP contribution is -2.21. The number of halogens is 2. The average molecular weight is 308 g/mol. The van der Waals surface area contributed by atoms with Crippen LogP contribution in [0.3, 0.4) is 0 Å². The summed E-state index contributed by atoms with van der Waals surface area (Å²) in [6.45, 7) is 4.09. The van der Waals surface area contributed by atoms with Gasteiger partial charge in [0, 0.05) is 11.1 Å². The zero-order valence-electron chi connectivity index (χ0n) is 11.8. The third-order valence-electron chi connectivity index (χ3n) is 4.16. The first-order valence-electron chi connectivity index (χ1n) is 6.94. The van der Waals surface area contributed by atoms with Crippen molar-refractivity contribution in [1.82, 2.24) is 4.98 Å². The maximum Gasteiger partial charge on any atom is 0.336 e. The molecule has 110 valence electrons. The smallest absolute Gasteiger partial charge is 0.336 e. The molecule has 1 aromatic heterocycles. The molecule has 0 bridgehead atoms. The largest absolute Gasteiger partial charge is 0.478 e. The first-order chi connectivity index (χ1) is 9.90. The summed E-state index contributed by atoms with van der Waals surface area (Å²) >= 11 is 6.13. The van der Waals surface area contributed by atoms with Crippen LogP contribution in [0.25, 0.3) is 10.9 Å². The van der Waals surface area contributed by atoms with Crippen LogP contribution in [0.1, 0.15) is 47.8 Å². The van der Waals surface area contributed by atoms with Gasteiger partial charge in [0.1, 0.15) is 11.3 Å². The van der Waals surface area contributed by atoms with Crippen molar-refractivity contribution in [2.75, 3.05) is 0 Å². The van der Waals surface area contributed by atoms with E-state index in [0.717, 1.165) is 6.42 Å². The van der Waals surface area contributed by atoms with Gasteiger partial charge in [-0.3, -0.25) is 0 Å². The van der Waals surface area contributed by atoms with Crippen LogP contribution in [0.4, 0.5) is 4.39 Å². The SMILES string of the molecule is CC1Cc2nc3c(F)ccc(Cl)c3c(C(=O)O)c2C(C)C1. The Morgan fingerprint density at radius 1 is 1.43 bits per heavy atom. The molecule has 0 saturated heterocycles. The normalized spacial score (nSPS) is 21.3. The summed E-state index contributed by atoms with van der Waals surface area (Å²) in [6.07, 6.45) is 1.56. The van der Waals surface area contributed by atoms with Gasteiger partial charge in [-0.15, -0.1) is 0 Å². The molecule has 1 N–H and O–H groups in total. The molecule has 0 fully saturated rings. The number of pyridine rings is 1. The maximum atomic E-state index is 14.1. The van der Waals surface area contributed by atoms with E-state index >= 15 is 0 Å². The van der Waals surface area contributed by atoms with Crippen LogP contribution in [0, 0.1) is 11.7 Å². The molecule has 5 heteroatoms. The van der Waals surface area contributed by atoms with E-state index in [1.165, 1.54) is 12.1 Å². The Hall–Kier alpha value is -1.68. The summed E-state index contributed by atoms with van der Waals surface area (Å²) in [5, 5.41) is 10.1. The molecule has 21 heavy (non-hydrogen) atoms. The zero-order valence-corrected chi connectivity index (χ0v) is 12.5. The second kappa shape index (κ2) is 4.95. The van der Waals surface area contributed by atoms with Gasteiger partial charge >= 0.3 is 5.97 Å². The molecule has 0 amide bonds. The molecule has 2 unspecified atom stereocenters. The molecule has 2 aromatic rings. The first-order valence-corrected chi connectivity index (χ1v) is 7.31. The Morgan fingerprint density at radius 3 is 2.81 bits per heavy atom. The number of hydrogen-bond acceptors (Lipinski definition) is 2. The summed E-state index contributed by atoms with van der Waals surface area (Å²) in [5.74, 6) is -1.13. The number of nitrogens with zero attached hydrogens (tertiary/aromatic N) is 1. The van der Waals surface area contributed by atoms with E-state index < -0.39 is 11.8 Å². The fourth-order valence-electron chi connectivity index (χ4n) is 3.41. The highest BCUT2D eigenvalue weighted by atomic mass is 35.5. The Balaban J connectivity index is 2.48. The molecule has 1 aliphatic carbocycles. The van der Waals surface area contributed by atoms with Crippen molar-refractivity contribution in [2.24, 2.45) is 5.92 Å². The van der Waals surface area contributed by atoms with E-state index in [0.29, 0.717) is 23.6 Å². The van der Waals surface area contributed by atoms with Gasteiger partial charge in [-0.25, -0.2) is 14.2 Å². The number of rotatable bonds is 1. The molecule has 1 heterocycles. The predicted octanol–water partition coefficient (Wildman–Crippen LogP) is 4.41. The highest BCUT2D eigenvalue weighted by molar-refractivity contribution is 6.36. The van der Waals surface area contributed by atoms with E-state index in [1.54, 1.807) is 0 Å². The van der Waals surface area contributed by atoms with E-state index in [2.05, 4.69) is 11.9 Å². The summed E-state index contributed by atoms with van der Waals surface area (Å²) in [5.41, 5.74) is 1.56. The standard InChI is InChI=1S/C16H15ClFNO2/c1-7-5-8(2)12-11(6-7)19-15-10(18)4-3-9(17)13(15)14(12)16(20)21/h3-4,7-8H,5-6H2,1-2H3,(H,20,21). The van der Waals surface area contributed by atoms with Crippen LogP contribution >= 0.6 is 11.6 Å². The average Bonchev–Trinajstić information content (AvgIpc) is 2.40. The van der Waals surface area contributed by atoms with Crippen molar-refractivity contribution in [3.63, 3.8) is 0 Å². The number of carbonyl (C=O) groups is 1. The van der Waals surface area contributed by atoms with Gasteiger partial charge in [0.05, 0.1) is 10.6 Å². The van der Waals surface area contributed by atoms with E-state index in [4.69, 9.17) is 11.6 Å². The molecular weight excluding hydrogens is 293 g/mol. The Kier molecular flexibility index (Phi) is 3.36. The van der Waals surface area contributed by atoms with Gasteiger partial charge in [0.25, 0.3) is 0 Å². The maximum absolute atomic E-state index is 14.1. The highest BCUT2D eigenvalue weighted by Crippen LogP contribution is 2.40. The van der Waals surface area contributed by atoms with Crippen molar-refractivity contribution in [1.29, 1.82) is 0 Å². The third kappa shape index (κ3) is 2.18.